The van der Waals surface area contributed by atoms with E-state index < -0.39 is 0 Å². The number of carbonyl (C=O) groups is 3. The molecule has 5 rings (SSSR count). The van der Waals surface area contributed by atoms with Gasteiger partial charge in [0.1, 0.15) is 11.3 Å². The molecule has 2 aromatic heterocycles. The fourth-order valence-corrected chi connectivity index (χ4v) is 5.09. The number of benzene rings is 2. The lowest BCUT2D eigenvalue weighted by molar-refractivity contribution is -0.121. The average Bonchev–Trinajstić information content (AvgIpc) is 3.62. The van der Waals surface area contributed by atoms with Gasteiger partial charge in [-0.25, -0.2) is 9.97 Å². The van der Waals surface area contributed by atoms with E-state index in [0.717, 1.165) is 4.70 Å². The molecule has 3 amide bonds. The van der Waals surface area contributed by atoms with Crippen molar-refractivity contribution in [2.24, 2.45) is 0 Å². The van der Waals surface area contributed by atoms with Gasteiger partial charge >= 0.3 is 0 Å². The van der Waals surface area contributed by atoms with Gasteiger partial charge in [0, 0.05) is 43.9 Å². The van der Waals surface area contributed by atoms with Crippen molar-refractivity contribution in [3.63, 3.8) is 0 Å². The number of thiazole rings is 1. The van der Waals surface area contributed by atoms with Gasteiger partial charge in [0.05, 0.1) is 23.8 Å². The molecule has 0 unspecified atom stereocenters. The maximum atomic E-state index is 13.6. The number of aryl methyl sites for hydroxylation is 1. The highest BCUT2D eigenvalue weighted by atomic mass is 32.1. The Morgan fingerprint density at radius 2 is 1.89 bits per heavy atom. The highest BCUT2D eigenvalue weighted by molar-refractivity contribution is 7.22. The van der Waals surface area contributed by atoms with E-state index >= 15 is 0 Å². The topological polar surface area (TPSA) is 97.6 Å². The van der Waals surface area contributed by atoms with Crippen LogP contribution in [0.25, 0.3) is 10.2 Å². The molecule has 4 aromatic rings. The number of methoxy groups -OCH3 is 1. The number of fused-ring (bicyclic) bond motifs is 1. The van der Waals surface area contributed by atoms with Crippen LogP contribution in [-0.2, 0) is 16.1 Å². The summed E-state index contributed by atoms with van der Waals surface area (Å²) in [6.45, 7) is 1.15. The van der Waals surface area contributed by atoms with Gasteiger partial charge in [-0.05, 0) is 42.8 Å². The molecule has 35 heavy (non-hydrogen) atoms. The minimum atomic E-state index is -0.223. The van der Waals surface area contributed by atoms with Gasteiger partial charge in [0.15, 0.2) is 5.13 Å². The number of carbonyl (C=O) groups excluding carboxylic acids is 3. The first-order chi connectivity index (χ1) is 17.0. The van der Waals surface area contributed by atoms with E-state index in [-0.39, 0.29) is 30.6 Å². The van der Waals surface area contributed by atoms with Gasteiger partial charge in [-0.2, -0.15) is 0 Å². The number of imide groups is 1. The zero-order valence-electron chi connectivity index (χ0n) is 19.1. The van der Waals surface area contributed by atoms with E-state index in [0.29, 0.717) is 47.2 Å². The molecule has 0 bridgehead atoms. The second-order valence-electron chi connectivity index (χ2n) is 8.08. The summed E-state index contributed by atoms with van der Waals surface area (Å²) in [6.07, 6.45) is 6.48. The van der Waals surface area contributed by atoms with Crippen LogP contribution in [0.2, 0.25) is 0 Å². The highest BCUT2D eigenvalue weighted by Crippen LogP contribution is 2.35. The number of hydrogen-bond donors (Lipinski definition) is 0. The zero-order valence-corrected chi connectivity index (χ0v) is 19.9. The summed E-state index contributed by atoms with van der Waals surface area (Å²) in [5, 5.41) is 0.578. The van der Waals surface area contributed by atoms with E-state index in [1.165, 1.54) is 16.2 Å². The summed E-state index contributed by atoms with van der Waals surface area (Å²) in [7, 11) is 1.60. The van der Waals surface area contributed by atoms with Crippen molar-refractivity contribution in [3.05, 3.63) is 66.7 Å². The molecule has 9 nitrogen and oxygen atoms in total. The number of anilines is 2. The molecule has 0 aliphatic carbocycles. The number of amides is 3. The number of rotatable bonds is 8. The summed E-state index contributed by atoms with van der Waals surface area (Å²) in [5.74, 6) is -0.00310. The van der Waals surface area contributed by atoms with E-state index in [2.05, 4.69) is 4.98 Å². The van der Waals surface area contributed by atoms with E-state index in [4.69, 9.17) is 9.72 Å². The van der Waals surface area contributed by atoms with Gasteiger partial charge in [-0.1, -0.05) is 17.4 Å². The van der Waals surface area contributed by atoms with Crippen molar-refractivity contribution in [2.45, 2.75) is 25.8 Å². The summed E-state index contributed by atoms with van der Waals surface area (Å²) < 4.78 is 8.33. The van der Waals surface area contributed by atoms with Crippen LogP contribution < -0.4 is 14.5 Å². The van der Waals surface area contributed by atoms with Gasteiger partial charge in [0.2, 0.25) is 11.8 Å². The monoisotopic (exact) mass is 489 g/mol. The molecular formula is C25H23N5O4S. The van der Waals surface area contributed by atoms with Crippen molar-refractivity contribution < 1.29 is 19.1 Å². The summed E-state index contributed by atoms with van der Waals surface area (Å²) in [6, 6.07) is 12.3. The lowest BCUT2D eigenvalue weighted by Crippen LogP contribution is -2.32. The minimum absolute atomic E-state index is 0.209. The van der Waals surface area contributed by atoms with Crippen LogP contribution in [0.1, 0.15) is 29.6 Å². The van der Waals surface area contributed by atoms with Crippen molar-refractivity contribution in [1.82, 2.24) is 14.5 Å². The Morgan fingerprint density at radius 1 is 1.11 bits per heavy atom. The van der Waals surface area contributed by atoms with Gasteiger partial charge < -0.3 is 9.30 Å². The summed E-state index contributed by atoms with van der Waals surface area (Å²) in [4.78, 5) is 49.4. The molecule has 1 saturated heterocycles. The Bertz CT molecular complexity index is 1360. The first-order valence-corrected chi connectivity index (χ1v) is 12.0. The fraction of sp³-hybridized carbons (Fsp3) is 0.240. The molecule has 1 aliphatic rings. The van der Waals surface area contributed by atoms with Crippen molar-refractivity contribution in [3.8, 4) is 5.75 Å². The quantitative estimate of drug-likeness (QED) is 0.348. The fourth-order valence-electron chi connectivity index (χ4n) is 4.08. The van der Waals surface area contributed by atoms with Crippen LogP contribution >= 0.6 is 11.3 Å². The SMILES string of the molecule is COc1cccc2sc(N(CCCn3ccnc3)C(=O)c3ccc(N4C(=O)CCC4=O)cc3)nc12. The second kappa shape index (κ2) is 9.67. The van der Waals surface area contributed by atoms with Crippen molar-refractivity contribution >= 4 is 50.1 Å². The largest absolute Gasteiger partial charge is 0.494 e. The van der Waals surface area contributed by atoms with Crippen LogP contribution in [0.5, 0.6) is 5.75 Å². The molecular weight excluding hydrogens is 466 g/mol. The van der Waals surface area contributed by atoms with Crippen LogP contribution in [0.15, 0.2) is 61.2 Å². The molecule has 1 aliphatic heterocycles. The normalized spacial score (nSPS) is 13.6. The molecule has 10 heteroatoms. The lowest BCUT2D eigenvalue weighted by Gasteiger charge is -2.21. The number of aromatic nitrogens is 3. The molecule has 0 atom stereocenters. The van der Waals surface area contributed by atoms with Crippen LogP contribution in [0, 0.1) is 0 Å². The number of nitrogens with zero attached hydrogens (tertiary/aromatic N) is 5. The first kappa shape index (κ1) is 22.7. The van der Waals surface area contributed by atoms with Crippen LogP contribution in [-0.4, -0.2) is 45.9 Å². The zero-order chi connectivity index (χ0) is 24.4. The smallest absolute Gasteiger partial charge is 0.260 e. The Balaban J connectivity index is 1.43. The Hall–Kier alpha value is -4.05. The van der Waals surface area contributed by atoms with Gasteiger partial charge in [-0.15, -0.1) is 0 Å². The number of ether oxygens (including phenoxy) is 1. The lowest BCUT2D eigenvalue weighted by atomic mass is 10.1. The number of hydrogen-bond acceptors (Lipinski definition) is 7. The van der Waals surface area contributed by atoms with Crippen molar-refractivity contribution in [2.75, 3.05) is 23.5 Å². The maximum Gasteiger partial charge on any atom is 0.260 e. The highest BCUT2D eigenvalue weighted by Gasteiger charge is 2.30. The number of para-hydroxylation sites is 1. The molecule has 0 radical (unpaired) electrons. The van der Waals surface area contributed by atoms with Gasteiger partial charge in [-0.3, -0.25) is 24.2 Å². The van der Waals surface area contributed by atoms with E-state index in [9.17, 15) is 14.4 Å². The predicted octanol–water partition coefficient (Wildman–Crippen LogP) is 3.89. The van der Waals surface area contributed by atoms with Crippen LogP contribution in [0.4, 0.5) is 10.8 Å². The summed E-state index contributed by atoms with van der Waals surface area (Å²) in [5.41, 5.74) is 1.64. The maximum absolute atomic E-state index is 13.6. The molecule has 0 N–H and O–H groups in total. The predicted molar refractivity (Wildman–Crippen MR) is 133 cm³/mol. The number of imidazole rings is 1. The molecule has 0 spiro atoms. The van der Waals surface area contributed by atoms with Crippen LogP contribution in [0.3, 0.4) is 0 Å². The van der Waals surface area contributed by atoms with Gasteiger partial charge in [0.25, 0.3) is 5.91 Å². The standard InChI is InChI=1S/C25H23N5O4S/c1-34-19-4-2-5-20-23(19)27-25(35-20)29(14-3-13-28-15-12-26-16-28)24(33)17-6-8-18(9-7-17)30-21(31)10-11-22(30)32/h2,4-9,12,15-16H,3,10-11,13-14H2,1H3. The van der Waals surface area contributed by atoms with Crippen molar-refractivity contribution in [1.29, 1.82) is 0 Å². The third kappa shape index (κ3) is 4.52. The average molecular weight is 490 g/mol. The van der Waals surface area contributed by atoms with E-state index in [1.54, 1.807) is 48.8 Å². The molecule has 1 fully saturated rings. The third-order valence-electron chi connectivity index (χ3n) is 5.85. The second-order valence-corrected chi connectivity index (χ2v) is 9.09. The molecule has 2 aromatic carbocycles. The Kier molecular flexibility index (Phi) is 6.28. The van der Waals surface area contributed by atoms with E-state index in [1.807, 2.05) is 29.0 Å². The first-order valence-electron chi connectivity index (χ1n) is 11.2. The third-order valence-corrected chi connectivity index (χ3v) is 6.89. The molecule has 0 saturated carbocycles. The minimum Gasteiger partial charge on any atom is -0.494 e. The Morgan fingerprint density at radius 3 is 2.57 bits per heavy atom. The molecule has 3 heterocycles. The summed E-state index contributed by atoms with van der Waals surface area (Å²) >= 11 is 1.43. The Labute approximate surface area is 205 Å². The molecule has 178 valence electrons.